The molecule has 0 amide bonds. The molecule has 0 saturated heterocycles. The van der Waals surface area contributed by atoms with Crippen LogP contribution >= 0.6 is 0 Å². The van der Waals surface area contributed by atoms with E-state index in [1.165, 1.54) is 25.7 Å². The molecule has 35 heavy (non-hydrogen) atoms. The molecule has 0 bridgehead atoms. The van der Waals surface area contributed by atoms with Crippen LogP contribution in [0, 0.1) is 16.2 Å². The van der Waals surface area contributed by atoms with Crippen molar-refractivity contribution in [2.45, 2.75) is 92.9 Å². The fraction of sp³-hybridized carbons (Fsp3) is 0.552. The maximum absolute atomic E-state index is 11.9. The van der Waals surface area contributed by atoms with Gasteiger partial charge in [0.1, 0.15) is 5.76 Å². The third-order valence-electron chi connectivity index (χ3n) is 5.77. The van der Waals surface area contributed by atoms with Crippen LogP contribution in [0.1, 0.15) is 92.9 Å². The largest absolute Gasteiger partial charge is 0.506 e. The second-order valence-corrected chi connectivity index (χ2v) is 9.72. The summed E-state index contributed by atoms with van der Waals surface area (Å²) in [5, 5.41) is 24.4. The van der Waals surface area contributed by atoms with E-state index in [1.807, 2.05) is 40.7 Å². The van der Waals surface area contributed by atoms with E-state index in [0.29, 0.717) is 25.1 Å². The van der Waals surface area contributed by atoms with Gasteiger partial charge >= 0.3 is 5.97 Å². The highest BCUT2D eigenvalue weighted by Gasteiger charge is 2.18. The van der Waals surface area contributed by atoms with E-state index >= 15 is 0 Å². The minimum atomic E-state index is -0.180. The van der Waals surface area contributed by atoms with Crippen LogP contribution in [0.5, 0.6) is 0 Å². The number of unbranched alkanes of at least 4 members (excludes halogenated alkanes) is 5. The highest BCUT2D eigenvalue weighted by Crippen LogP contribution is 2.28. The van der Waals surface area contributed by atoms with Crippen LogP contribution in [0.4, 0.5) is 0 Å². The molecular formula is C29H47N3O3. The normalized spacial score (nSPS) is 14.9. The molecule has 6 heteroatoms. The van der Waals surface area contributed by atoms with Gasteiger partial charge < -0.3 is 15.6 Å². The predicted molar refractivity (Wildman–Crippen MR) is 148 cm³/mol. The van der Waals surface area contributed by atoms with Crippen molar-refractivity contribution in [2.75, 3.05) is 6.61 Å². The first-order chi connectivity index (χ1) is 16.4. The van der Waals surface area contributed by atoms with Gasteiger partial charge in [-0.2, -0.15) is 0 Å². The number of rotatable bonds is 12. The Morgan fingerprint density at radius 3 is 2.06 bits per heavy atom. The molecule has 0 radical (unpaired) electrons. The fourth-order valence-corrected chi connectivity index (χ4v) is 3.01. The second kappa shape index (κ2) is 17.5. The number of carbonyl (C=O) groups is 1. The lowest BCUT2D eigenvalue weighted by atomic mass is 9.86. The Balaban J connectivity index is 0.00000121. The van der Waals surface area contributed by atoms with Crippen LogP contribution in [0.2, 0.25) is 0 Å². The lowest BCUT2D eigenvalue weighted by molar-refractivity contribution is -0.143. The zero-order chi connectivity index (χ0) is 26.9. The second-order valence-electron chi connectivity index (χ2n) is 9.72. The van der Waals surface area contributed by atoms with Crippen LogP contribution in [0.3, 0.4) is 0 Å². The van der Waals surface area contributed by atoms with Gasteiger partial charge in [0.25, 0.3) is 0 Å². The number of allylic oxidation sites excluding steroid dienone is 8. The number of hydrogen-bond donors (Lipinski definition) is 4. The minimum Gasteiger partial charge on any atom is -0.506 e. The zero-order valence-electron chi connectivity index (χ0n) is 22.7. The van der Waals surface area contributed by atoms with Crippen molar-refractivity contribution in [1.82, 2.24) is 0 Å². The first-order valence-electron chi connectivity index (χ1n) is 12.6. The van der Waals surface area contributed by atoms with E-state index in [4.69, 9.17) is 21.3 Å². The van der Waals surface area contributed by atoms with Gasteiger partial charge in [-0.15, -0.1) is 0 Å². The lowest BCUT2D eigenvalue weighted by Crippen LogP contribution is -2.13. The topological polar surface area (TPSA) is 120 Å². The summed E-state index contributed by atoms with van der Waals surface area (Å²) in [6.07, 6.45) is 18.3. The van der Waals surface area contributed by atoms with Gasteiger partial charge in [-0.3, -0.25) is 15.6 Å². The van der Waals surface area contributed by atoms with Gasteiger partial charge in [-0.05, 0) is 61.5 Å². The van der Waals surface area contributed by atoms with Gasteiger partial charge in [0.2, 0.25) is 0 Å². The molecule has 1 aliphatic rings. The number of ether oxygens (including phenoxy) is 1. The van der Waals surface area contributed by atoms with E-state index in [1.54, 1.807) is 30.4 Å². The average molecular weight is 486 g/mol. The maximum Gasteiger partial charge on any atom is 0.306 e. The number of nitrogens with one attached hydrogen (secondary N) is 2. The van der Waals surface area contributed by atoms with Crippen molar-refractivity contribution in [3.05, 3.63) is 59.1 Å². The van der Waals surface area contributed by atoms with Crippen LogP contribution in [0.15, 0.2) is 59.1 Å². The highest BCUT2D eigenvalue weighted by molar-refractivity contribution is 6.48. The number of carbonyl (C=O) groups excluding carboxylic acids is 1. The number of nitrogens with two attached hydrogens (primary N) is 1. The molecule has 1 rings (SSSR count). The third-order valence-corrected chi connectivity index (χ3v) is 5.77. The van der Waals surface area contributed by atoms with Crippen molar-refractivity contribution in [2.24, 2.45) is 11.1 Å². The minimum absolute atomic E-state index is 0.118. The Bertz CT molecular complexity index is 831. The zero-order valence-corrected chi connectivity index (χ0v) is 22.7. The van der Waals surface area contributed by atoms with Crippen LogP contribution in [0.25, 0.3) is 0 Å². The fourth-order valence-electron chi connectivity index (χ4n) is 3.01. The Morgan fingerprint density at radius 1 is 1.03 bits per heavy atom. The lowest BCUT2D eigenvalue weighted by Gasteiger charge is -2.21. The van der Waals surface area contributed by atoms with Crippen LogP contribution < -0.4 is 5.73 Å². The predicted octanol–water partition coefficient (Wildman–Crippen LogP) is 7.49. The molecule has 1 aliphatic carbocycles. The smallest absolute Gasteiger partial charge is 0.306 e. The number of aliphatic hydroxyl groups excluding tert-OH is 1. The molecule has 0 saturated carbocycles. The van der Waals surface area contributed by atoms with Crippen molar-refractivity contribution < 1.29 is 14.6 Å². The molecule has 0 aromatic carbocycles. The van der Waals surface area contributed by atoms with Crippen LogP contribution in [-0.4, -0.2) is 29.1 Å². The quantitative estimate of drug-likeness (QED) is 0.0752. The highest BCUT2D eigenvalue weighted by atomic mass is 16.5. The van der Waals surface area contributed by atoms with Crippen molar-refractivity contribution in [1.29, 1.82) is 10.8 Å². The molecule has 196 valence electrons. The molecule has 0 aliphatic heterocycles. The standard InChI is InChI=1S/C23H41NO3.C6H6N2/c1-7-9-10-11-12-13-16-27-21(25)15-14-19(8-2)17-20(24)22(26)18(3)23(4,5)6;7-5-3-1-2-4-6(5)8/h8,17,26H,7,9-16,24H2,1-6H3;1-4,7-8H/b19-8-,20-17+,22-18-;. The molecule has 5 N–H and O–H groups in total. The molecule has 6 nitrogen and oxygen atoms in total. The van der Waals surface area contributed by atoms with Gasteiger partial charge in [0.15, 0.2) is 0 Å². The summed E-state index contributed by atoms with van der Waals surface area (Å²) >= 11 is 0. The van der Waals surface area contributed by atoms with Crippen molar-refractivity contribution in [3.63, 3.8) is 0 Å². The van der Waals surface area contributed by atoms with Gasteiger partial charge in [-0.1, -0.05) is 78.0 Å². The molecule has 0 heterocycles. The summed E-state index contributed by atoms with van der Waals surface area (Å²) in [6.45, 7) is 12.6. The van der Waals surface area contributed by atoms with Crippen molar-refractivity contribution >= 4 is 17.4 Å². The molecule has 0 aromatic heterocycles. The van der Waals surface area contributed by atoms with Gasteiger partial charge in [0, 0.05) is 6.42 Å². The van der Waals surface area contributed by atoms with Gasteiger partial charge in [-0.25, -0.2) is 0 Å². The third kappa shape index (κ3) is 14.9. The number of hydrogen-bond acceptors (Lipinski definition) is 6. The summed E-state index contributed by atoms with van der Waals surface area (Å²) in [5.74, 6) is -0.0620. The summed E-state index contributed by atoms with van der Waals surface area (Å²) in [4.78, 5) is 11.9. The maximum atomic E-state index is 11.9. The van der Waals surface area contributed by atoms with E-state index < -0.39 is 0 Å². The number of esters is 1. The van der Waals surface area contributed by atoms with E-state index in [2.05, 4.69) is 6.92 Å². The summed E-state index contributed by atoms with van der Waals surface area (Å²) < 4.78 is 5.30. The first-order valence-corrected chi connectivity index (χ1v) is 12.6. The van der Waals surface area contributed by atoms with Gasteiger partial charge in [0.05, 0.1) is 23.7 Å². The molecule has 0 spiro atoms. The molecule has 0 aromatic rings. The van der Waals surface area contributed by atoms with Crippen molar-refractivity contribution in [3.8, 4) is 0 Å². The summed E-state index contributed by atoms with van der Waals surface area (Å²) in [5.41, 5.74) is 8.54. The molecule has 0 atom stereocenters. The molecular weight excluding hydrogens is 438 g/mol. The van der Waals surface area contributed by atoms with Crippen LogP contribution in [-0.2, 0) is 9.53 Å². The Hall–Kier alpha value is -2.89. The summed E-state index contributed by atoms with van der Waals surface area (Å²) in [7, 11) is 0. The first kappa shape index (κ1) is 32.1. The van der Waals surface area contributed by atoms with E-state index in [0.717, 1.165) is 24.0 Å². The number of aliphatic hydroxyl groups is 1. The van der Waals surface area contributed by atoms with E-state index in [-0.39, 0.29) is 28.6 Å². The SMILES string of the molecule is C\C=C(/C=C(N)\C(O)=C(/C)C(C)(C)C)CCC(=O)OCCCCCCCC.N=C1C=CC=CC1=N. The Kier molecular flexibility index (Phi) is 16.1. The Labute approximate surface area is 212 Å². The molecule has 0 unspecified atom stereocenters. The Morgan fingerprint density at radius 2 is 1.57 bits per heavy atom. The monoisotopic (exact) mass is 485 g/mol. The molecule has 0 fully saturated rings. The van der Waals surface area contributed by atoms with E-state index in [9.17, 15) is 9.90 Å². The average Bonchev–Trinajstić information content (AvgIpc) is 2.81. The summed E-state index contributed by atoms with van der Waals surface area (Å²) in [6, 6.07) is 0.